The Balaban J connectivity index is 1.44. The number of likely N-dealkylation sites (N-methyl/N-ethyl adjacent to an activating group) is 1. The average molecular weight is 439 g/mol. The van der Waals surface area contributed by atoms with Crippen molar-refractivity contribution in [2.75, 3.05) is 58.3 Å². The number of aliphatic imine (C=N–C) groups is 1. The van der Waals surface area contributed by atoms with Gasteiger partial charge < -0.3 is 25.2 Å². The van der Waals surface area contributed by atoms with Crippen LogP contribution in [0.25, 0.3) is 0 Å². The van der Waals surface area contributed by atoms with Gasteiger partial charge >= 0.3 is 0 Å². The maximum atomic E-state index is 5.25. The van der Waals surface area contributed by atoms with E-state index in [9.17, 15) is 0 Å². The summed E-state index contributed by atoms with van der Waals surface area (Å²) in [6.07, 6.45) is 2.93. The van der Waals surface area contributed by atoms with Crippen molar-refractivity contribution in [2.24, 2.45) is 4.99 Å². The van der Waals surface area contributed by atoms with Crippen molar-refractivity contribution >= 4 is 11.8 Å². The van der Waals surface area contributed by atoms with Gasteiger partial charge in [0.25, 0.3) is 0 Å². The van der Waals surface area contributed by atoms with Crippen molar-refractivity contribution < 1.29 is 4.74 Å². The van der Waals surface area contributed by atoms with Crippen LogP contribution in [0.2, 0.25) is 0 Å². The van der Waals surface area contributed by atoms with Gasteiger partial charge in [-0.15, -0.1) is 0 Å². The molecule has 1 saturated heterocycles. The molecule has 3 rings (SSSR count). The number of nitrogens with zero attached hydrogens (tertiary/aromatic N) is 4. The maximum Gasteiger partial charge on any atom is 0.191 e. The molecule has 0 amide bonds. The highest BCUT2D eigenvalue weighted by molar-refractivity contribution is 5.79. The molecule has 1 aromatic heterocycles. The molecule has 7 nitrogen and oxygen atoms in total. The topological polar surface area (TPSA) is 65.0 Å². The number of aromatic nitrogens is 1. The minimum atomic E-state index is 0.461. The predicted octanol–water partition coefficient (Wildman–Crippen LogP) is 3.09. The standard InChI is InChI=1S/C25H38N6O/c1-5-30-14-16-31(17-15-30)24-18-21(11-13-27-24)19-29-25(26-3)28-12-10-20(2)22-6-8-23(32-4)9-7-22/h6-9,11,13,18,20H,5,10,12,14-17,19H2,1-4H3,(H2,26,28,29). The van der Waals surface area contributed by atoms with E-state index in [4.69, 9.17) is 4.74 Å². The summed E-state index contributed by atoms with van der Waals surface area (Å²) in [5.74, 6) is 3.24. The van der Waals surface area contributed by atoms with E-state index in [2.05, 4.69) is 68.5 Å². The lowest BCUT2D eigenvalue weighted by atomic mass is 9.98. The Morgan fingerprint density at radius 2 is 1.88 bits per heavy atom. The number of rotatable bonds is 9. The lowest BCUT2D eigenvalue weighted by Crippen LogP contribution is -2.46. The molecule has 0 spiro atoms. The first kappa shape index (κ1) is 23.9. The number of pyridine rings is 1. The number of guanidine groups is 1. The first-order valence-electron chi connectivity index (χ1n) is 11.6. The molecule has 1 aliphatic heterocycles. The van der Waals surface area contributed by atoms with Gasteiger partial charge in [0.2, 0.25) is 0 Å². The maximum absolute atomic E-state index is 5.25. The first-order chi connectivity index (χ1) is 15.6. The summed E-state index contributed by atoms with van der Waals surface area (Å²) in [4.78, 5) is 13.8. The highest BCUT2D eigenvalue weighted by Gasteiger charge is 2.16. The van der Waals surface area contributed by atoms with Crippen LogP contribution in [-0.2, 0) is 6.54 Å². The molecule has 1 fully saturated rings. The highest BCUT2D eigenvalue weighted by Crippen LogP contribution is 2.21. The van der Waals surface area contributed by atoms with Crippen molar-refractivity contribution in [1.29, 1.82) is 0 Å². The van der Waals surface area contributed by atoms with Crippen LogP contribution in [0.1, 0.15) is 37.3 Å². The fourth-order valence-electron chi connectivity index (χ4n) is 3.95. The Labute approximate surface area is 192 Å². The van der Waals surface area contributed by atoms with E-state index in [1.807, 2.05) is 25.4 Å². The minimum absolute atomic E-state index is 0.461. The molecule has 2 heterocycles. The van der Waals surface area contributed by atoms with E-state index < -0.39 is 0 Å². The van der Waals surface area contributed by atoms with Crippen LogP contribution in [0.4, 0.5) is 5.82 Å². The Morgan fingerprint density at radius 3 is 2.53 bits per heavy atom. The number of piperazine rings is 1. The average Bonchev–Trinajstić information content (AvgIpc) is 2.86. The number of ether oxygens (including phenoxy) is 1. The summed E-state index contributed by atoms with van der Waals surface area (Å²) >= 11 is 0. The molecule has 0 aliphatic carbocycles. The molecule has 0 saturated carbocycles. The highest BCUT2D eigenvalue weighted by atomic mass is 16.5. The number of benzene rings is 1. The van der Waals surface area contributed by atoms with Crippen LogP contribution in [-0.4, -0.2) is 69.3 Å². The van der Waals surface area contributed by atoms with Gasteiger partial charge in [-0.3, -0.25) is 4.99 Å². The third-order valence-electron chi connectivity index (χ3n) is 6.19. The van der Waals surface area contributed by atoms with Gasteiger partial charge in [-0.2, -0.15) is 0 Å². The molecule has 1 atom stereocenters. The van der Waals surface area contributed by atoms with Crippen LogP contribution < -0.4 is 20.3 Å². The lowest BCUT2D eigenvalue weighted by Gasteiger charge is -2.34. The molecular formula is C25H38N6O. The van der Waals surface area contributed by atoms with Gasteiger partial charge in [0, 0.05) is 52.5 Å². The quantitative estimate of drug-likeness (QED) is 0.463. The normalized spacial score (nSPS) is 16.0. The summed E-state index contributed by atoms with van der Waals surface area (Å²) in [7, 11) is 3.51. The van der Waals surface area contributed by atoms with E-state index in [0.29, 0.717) is 5.92 Å². The van der Waals surface area contributed by atoms with E-state index in [-0.39, 0.29) is 0 Å². The summed E-state index contributed by atoms with van der Waals surface area (Å²) in [6, 6.07) is 12.6. The fourth-order valence-corrected chi connectivity index (χ4v) is 3.95. The van der Waals surface area contributed by atoms with Gasteiger partial charge in [0.05, 0.1) is 7.11 Å². The summed E-state index contributed by atoms with van der Waals surface area (Å²) in [5, 5.41) is 6.86. The van der Waals surface area contributed by atoms with E-state index >= 15 is 0 Å². The number of nitrogens with one attached hydrogen (secondary N) is 2. The summed E-state index contributed by atoms with van der Waals surface area (Å²) in [6.45, 7) is 11.4. The van der Waals surface area contributed by atoms with Gasteiger partial charge in [-0.05, 0) is 54.3 Å². The largest absolute Gasteiger partial charge is 0.497 e. The van der Waals surface area contributed by atoms with Crippen molar-refractivity contribution in [3.63, 3.8) is 0 Å². The van der Waals surface area contributed by atoms with Gasteiger partial charge in [-0.1, -0.05) is 26.0 Å². The second-order valence-electron chi connectivity index (χ2n) is 8.26. The minimum Gasteiger partial charge on any atom is -0.497 e. The molecular weight excluding hydrogens is 400 g/mol. The SMILES string of the molecule is CCN1CCN(c2cc(CNC(=NC)NCCC(C)c3ccc(OC)cc3)ccn2)CC1. The number of anilines is 1. The van der Waals surface area contributed by atoms with Gasteiger partial charge in [0.1, 0.15) is 11.6 Å². The van der Waals surface area contributed by atoms with Crippen LogP contribution >= 0.6 is 0 Å². The lowest BCUT2D eigenvalue weighted by molar-refractivity contribution is 0.270. The van der Waals surface area contributed by atoms with Gasteiger partial charge in [-0.25, -0.2) is 4.98 Å². The molecule has 0 radical (unpaired) electrons. The second kappa shape index (κ2) is 12.3. The second-order valence-corrected chi connectivity index (χ2v) is 8.26. The fraction of sp³-hybridized carbons (Fsp3) is 0.520. The van der Waals surface area contributed by atoms with E-state index in [0.717, 1.165) is 69.8 Å². The third-order valence-corrected chi connectivity index (χ3v) is 6.19. The number of methoxy groups -OCH3 is 1. The number of hydrogen-bond acceptors (Lipinski definition) is 5. The predicted molar refractivity (Wildman–Crippen MR) is 133 cm³/mol. The third kappa shape index (κ3) is 6.85. The van der Waals surface area contributed by atoms with Crippen LogP contribution in [0.5, 0.6) is 5.75 Å². The van der Waals surface area contributed by atoms with Crippen LogP contribution in [0.15, 0.2) is 47.6 Å². The molecule has 32 heavy (non-hydrogen) atoms. The van der Waals surface area contributed by atoms with Gasteiger partial charge in [0.15, 0.2) is 5.96 Å². The zero-order chi connectivity index (χ0) is 22.8. The molecule has 0 bridgehead atoms. The molecule has 174 valence electrons. The van der Waals surface area contributed by atoms with Crippen LogP contribution in [0, 0.1) is 0 Å². The molecule has 1 unspecified atom stereocenters. The smallest absolute Gasteiger partial charge is 0.191 e. The zero-order valence-corrected chi connectivity index (χ0v) is 20.0. The monoisotopic (exact) mass is 438 g/mol. The summed E-state index contributed by atoms with van der Waals surface area (Å²) in [5.41, 5.74) is 2.53. The Morgan fingerprint density at radius 1 is 1.12 bits per heavy atom. The van der Waals surface area contributed by atoms with Crippen molar-refractivity contribution in [1.82, 2.24) is 20.5 Å². The molecule has 2 N–H and O–H groups in total. The first-order valence-corrected chi connectivity index (χ1v) is 11.6. The molecule has 7 heteroatoms. The Hall–Kier alpha value is -2.80. The molecule has 2 aromatic rings. The van der Waals surface area contributed by atoms with E-state index in [1.165, 1.54) is 11.1 Å². The summed E-state index contributed by atoms with van der Waals surface area (Å²) < 4.78 is 5.25. The molecule has 1 aromatic carbocycles. The van der Waals surface area contributed by atoms with Crippen molar-refractivity contribution in [3.8, 4) is 5.75 Å². The zero-order valence-electron chi connectivity index (χ0n) is 20.0. The number of hydrogen-bond donors (Lipinski definition) is 2. The molecule has 1 aliphatic rings. The van der Waals surface area contributed by atoms with Crippen molar-refractivity contribution in [3.05, 3.63) is 53.7 Å². The van der Waals surface area contributed by atoms with Crippen LogP contribution in [0.3, 0.4) is 0 Å². The Bertz CT molecular complexity index is 846. The van der Waals surface area contributed by atoms with Crippen molar-refractivity contribution in [2.45, 2.75) is 32.7 Å². The van der Waals surface area contributed by atoms with E-state index in [1.54, 1.807) is 7.11 Å². The Kier molecular flexibility index (Phi) is 9.16.